The van der Waals surface area contributed by atoms with Gasteiger partial charge in [-0.15, -0.1) is 0 Å². The molecule has 0 aliphatic rings. The predicted molar refractivity (Wildman–Crippen MR) is 137 cm³/mol. The van der Waals surface area contributed by atoms with Gasteiger partial charge >= 0.3 is 232 Å². The fourth-order valence-electron chi connectivity index (χ4n) is 2.64. The molecule has 0 bridgehead atoms. The van der Waals surface area contributed by atoms with Crippen LogP contribution in [0.15, 0.2) is 0 Å². The molecule has 0 unspecified atom stereocenters. The van der Waals surface area contributed by atoms with Crippen LogP contribution in [0.25, 0.3) is 0 Å². The maximum atomic E-state index is 6.29. The fourth-order valence-corrected chi connectivity index (χ4v) is 13.1. The topological polar surface area (TPSA) is 86.8 Å². The molecule has 0 N–H and O–H groups in total. The third kappa shape index (κ3) is 13.5. The summed E-state index contributed by atoms with van der Waals surface area (Å²) in [6.45, 7) is 19.4. The molecule has 0 fully saturated rings. The summed E-state index contributed by atoms with van der Waals surface area (Å²) in [4.78, 5) is 50.3. The Bertz CT molecular complexity index is 384. The Morgan fingerprint density at radius 3 is 0.541 bits per heavy atom. The first kappa shape index (κ1) is 37.4. The third-order valence-corrected chi connectivity index (χ3v) is 15.0. The van der Waals surface area contributed by atoms with E-state index < -0.39 is 21.1 Å². The van der Waals surface area contributed by atoms with Crippen LogP contribution >= 0.6 is 0 Å². The molecule has 0 saturated carbocycles. The first-order chi connectivity index (χ1) is 18.1. The number of rotatable bonds is 28. The molecule has 0 aliphatic heterocycles. The third-order valence-electron chi connectivity index (χ3n) is 4.28. The van der Waals surface area contributed by atoms with Gasteiger partial charge in [0.05, 0.1) is 0 Å². The van der Waals surface area contributed by atoms with E-state index in [0.29, 0.717) is 52.9 Å². The SMILES string of the molecule is CCCO[N](OCCC)[Hf]([N](OCCC)OCCC)([N](OCCC)OCCC)[N](OCCC)OCCC. The molecule has 0 aromatic heterocycles. The zero-order valence-corrected chi connectivity index (χ0v) is 28.5. The summed E-state index contributed by atoms with van der Waals surface area (Å²) in [5, 5.41) is 0. The monoisotopic (exact) mass is 708 g/mol. The van der Waals surface area contributed by atoms with Gasteiger partial charge in [0.15, 0.2) is 0 Å². The van der Waals surface area contributed by atoms with E-state index in [1.54, 1.807) is 0 Å². The van der Waals surface area contributed by atoms with E-state index in [-0.39, 0.29) is 0 Å². The first-order valence-electron chi connectivity index (χ1n) is 14.3. The van der Waals surface area contributed by atoms with Gasteiger partial charge in [0.1, 0.15) is 0 Å². The summed E-state index contributed by atoms with van der Waals surface area (Å²) in [5.41, 5.74) is 0. The van der Waals surface area contributed by atoms with Gasteiger partial charge in [-0.2, -0.15) is 0 Å². The number of nitrogens with zero attached hydrogens (tertiary/aromatic N) is 4. The Labute approximate surface area is 231 Å². The van der Waals surface area contributed by atoms with Crippen molar-refractivity contribution >= 4 is 0 Å². The van der Waals surface area contributed by atoms with Crippen molar-refractivity contribution in [2.75, 3.05) is 52.9 Å². The molecule has 0 aliphatic carbocycles. The van der Waals surface area contributed by atoms with Crippen LogP contribution in [0.5, 0.6) is 0 Å². The van der Waals surface area contributed by atoms with Gasteiger partial charge < -0.3 is 0 Å². The standard InChI is InChI=1S/4C6H14NO2.Hf/c4*1-3-5-8-7-9-6-4-2;/h4*3-6H2,1-2H3;/q4*-1;+4. The molecule has 13 heteroatoms. The van der Waals surface area contributed by atoms with Crippen LogP contribution in [-0.4, -0.2) is 65.7 Å². The zero-order valence-electron chi connectivity index (χ0n) is 24.9. The first-order valence-corrected chi connectivity index (χ1v) is 20.7. The summed E-state index contributed by atoms with van der Waals surface area (Å²) >= 11 is -5.37. The van der Waals surface area contributed by atoms with Gasteiger partial charge in [-0.05, 0) is 0 Å². The van der Waals surface area contributed by atoms with E-state index in [0.717, 1.165) is 51.4 Å². The molecule has 0 atom stereocenters. The Morgan fingerprint density at radius 2 is 0.432 bits per heavy atom. The minimum atomic E-state index is -5.37. The fraction of sp³-hybridized carbons (Fsp3) is 1.00. The van der Waals surface area contributed by atoms with Gasteiger partial charge in [0, 0.05) is 0 Å². The summed E-state index contributed by atoms with van der Waals surface area (Å²) in [6, 6.07) is 0. The average molecular weight is 707 g/mol. The summed E-state index contributed by atoms with van der Waals surface area (Å²) in [6.07, 6.45) is 6.10. The Hall–Kier alpha value is 0.390. The predicted octanol–water partition coefficient (Wildman–Crippen LogP) is 5.74. The average Bonchev–Trinajstić information content (AvgIpc) is 2.92. The van der Waals surface area contributed by atoms with Crippen LogP contribution in [0.1, 0.15) is 107 Å². The van der Waals surface area contributed by atoms with E-state index >= 15 is 0 Å². The van der Waals surface area contributed by atoms with Gasteiger partial charge in [-0.25, -0.2) is 0 Å². The van der Waals surface area contributed by atoms with Crippen LogP contribution in [-0.2, 0) is 59.8 Å². The van der Waals surface area contributed by atoms with E-state index in [1.807, 2.05) is 55.4 Å². The maximum absolute atomic E-state index is 6.29. The second-order valence-electron chi connectivity index (χ2n) is 8.29. The Kier molecular flexibility index (Phi) is 25.6. The van der Waals surface area contributed by atoms with Crippen LogP contribution in [0.2, 0.25) is 0 Å². The van der Waals surface area contributed by atoms with Crippen LogP contribution < -0.4 is 0 Å². The van der Waals surface area contributed by atoms with Gasteiger partial charge in [0.25, 0.3) is 0 Å². The molecule has 0 heterocycles. The quantitative estimate of drug-likeness (QED) is 0.0735. The molecule has 0 amide bonds. The van der Waals surface area contributed by atoms with Crippen molar-refractivity contribution in [1.29, 1.82) is 0 Å². The molecule has 0 aromatic carbocycles. The van der Waals surface area contributed by atoms with Crippen LogP contribution in [0, 0.1) is 0 Å². The second-order valence-corrected chi connectivity index (χ2v) is 17.9. The van der Waals surface area contributed by atoms with Crippen LogP contribution in [0.3, 0.4) is 0 Å². The number of hydrogen-bond acceptors (Lipinski definition) is 12. The molecule has 12 nitrogen and oxygen atoms in total. The zero-order chi connectivity index (χ0) is 27.8. The molecule has 224 valence electrons. The minimum absolute atomic E-state index is 0.394. The van der Waals surface area contributed by atoms with Gasteiger partial charge in [-0.3, -0.25) is 0 Å². The van der Waals surface area contributed by atoms with Crippen molar-refractivity contribution in [2.45, 2.75) is 107 Å². The van der Waals surface area contributed by atoms with Gasteiger partial charge in [-0.1, -0.05) is 0 Å². The molecular weight excluding hydrogens is 651 g/mol. The van der Waals surface area contributed by atoms with Crippen molar-refractivity contribution < 1.29 is 59.8 Å². The van der Waals surface area contributed by atoms with Crippen molar-refractivity contribution in [3.8, 4) is 0 Å². The van der Waals surface area contributed by atoms with E-state index in [9.17, 15) is 0 Å². The molecule has 0 saturated heterocycles. The molecule has 0 spiro atoms. The van der Waals surface area contributed by atoms with E-state index in [4.69, 9.17) is 38.7 Å². The van der Waals surface area contributed by atoms with Crippen molar-refractivity contribution in [1.82, 2.24) is 12.9 Å². The molecule has 0 aromatic rings. The molecule has 0 radical (unpaired) electrons. The van der Waals surface area contributed by atoms with Gasteiger partial charge in [0.2, 0.25) is 0 Å². The molecule has 0 rings (SSSR count). The summed E-state index contributed by atoms with van der Waals surface area (Å²) in [7, 11) is 0. The number of hydrogen-bond donors (Lipinski definition) is 0. The van der Waals surface area contributed by atoms with Crippen molar-refractivity contribution in [3.05, 3.63) is 0 Å². The van der Waals surface area contributed by atoms with Crippen molar-refractivity contribution in [3.63, 3.8) is 0 Å². The second kappa shape index (κ2) is 25.4. The van der Waals surface area contributed by atoms with Crippen molar-refractivity contribution in [2.24, 2.45) is 0 Å². The van der Waals surface area contributed by atoms with E-state index in [2.05, 4.69) is 0 Å². The Balaban J connectivity index is 7.24. The van der Waals surface area contributed by atoms with Crippen LogP contribution in [0.4, 0.5) is 0 Å². The van der Waals surface area contributed by atoms with E-state index in [1.165, 1.54) is 12.9 Å². The summed E-state index contributed by atoms with van der Waals surface area (Å²) in [5.74, 6) is 0. The molecule has 37 heavy (non-hydrogen) atoms. The Morgan fingerprint density at radius 1 is 0.297 bits per heavy atom. The molecular formula is C24H56HfN4O8. The summed E-state index contributed by atoms with van der Waals surface area (Å²) < 4.78 is 5.90. The normalized spacial score (nSPS) is 12.6.